The van der Waals surface area contributed by atoms with Crippen molar-refractivity contribution >= 4 is 28.4 Å². The van der Waals surface area contributed by atoms with Crippen LogP contribution in [-0.2, 0) is 24.3 Å². The van der Waals surface area contributed by atoms with Gasteiger partial charge in [0, 0.05) is 37.5 Å². The molecule has 0 spiro atoms. The van der Waals surface area contributed by atoms with Crippen molar-refractivity contribution in [3.05, 3.63) is 89.5 Å². The molecule has 1 atom stereocenters. The lowest BCUT2D eigenvalue weighted by Gasteiger charge is -2.46. The molecule has 4 heterocycles. The number of nitrogens with one attached hydrogen (secondary N) is 1. The van der Waals surface area contributed by atoms with Crippen molar-refractivity contribution in [2.75, 3.05) is 18.5 Å². The van der Waals surface area contributed by atoms with Gasteiger partial charge in [0.1, 0.15) is 11.9 Å². The molecule has 2 aromatic heterocycles. The second-order valence-corrected chi connectivity index (χ2v) is 8.89. The smallest absolute Gasteiger partial charge is 0.257 e. The minimum atomic E-state index is -0.204. The van der Waals surface area contributed by atoms with Crippen LogP contribution >= 0.6 is 0 Å². The number of furan rings is 1. The Labute approximate surface area is 197 Å². The minimum absolute atomic E-state index is 0.0333. The van der Waals surface area contributed by atoms with E-state index in [0.29, 0.717) is 26.1 Å². The number of carbonyl (C=O) groups excluding carboxylic acids is 2. The summed E-state index contributed by atoms with van der Waals surface area (Å²) in [4.78, 5) is 30.2. The first-order valence-electron chi connectivity index (χ1n) is 11.7. The number of hydrogen-bond donors (Lipinski definition) is 1. The first-order valence-corrected chi connectivity index (χ1v) is 11.7. The molecule has 4 aromatic rings. The van der Waals surface area contributed by atoms with Crippen LogP contribution in [0.1, 0.15) is 40.0 Å². The first kappa shape index (κ1) is 20.6. The third kappa shape index (κ3) is 3.19. The van der Waals surface area contributed by atoms with E-state index in [1.165, 1.54) is 10.9 Å². The van der Waals surface area contributed by atoms with Crippen molar-refractivity contribution in [1.82, 2.24) is 14.8 Å². The molecule has 2 aliphatic heterocycles. The summed E-state index contributed by atoms with van der Waals surface area (Å²) in [7, 11) is 2.05. The zero-order valence-corrected chi connectivity index (χ0v) is 19.0. The normalized spacial score (nSPS) is 16.9. The van der Waals surface area contributed by atoms with Gasteiger partial charge in [-0.2, -0.15) is 0 Å². The van der Waals surface area contributed by atoms with Gasteiger partial charge in [0.25, 0.3) is 5.91 Å². The molecule has 34 heavy (non-hydrogen) atoms. The lowest BCUT2D eigenvalue weighted by Crippen LogP contribution is -2.51. The van der Waals surface area contributed by atoms with Gasteiger partial charge in [-0.1, -0.05) is 30.3 Å². The molecule has 1 unspecified atom stereocenters. The van der Waals surface area contributed by atoms with E-state index in [9.17, 15) is 9.59 Å². The van der Waals surface area contributed by atoms with Gasteiger partial charge in [-0.3, -0.25) is 9.59 Å². The number of fused-ring (bicyclic) bond motifs is 6. The summed E-state index contributed by atoms with van der Waals surface area (Å²) in [5.74, 6) is 0.764. The van der Waals surface area contributed by atoms with Crippen LogP contribution in [-0.4, -0.2) is 34.9 Å². The Bertz CT molecular complexity index is 1390. The highest BCUT2D eigenvalue weighted by Crippen LogP contribution is 2.44. The fourth-order valence-electron chi connectivity index (χ4n) is 5.45. The molecule has 1 N–H and O–H groups in total. The van der Waals surface area contributed by atoms with Crippen LogP contribution < -0.4 is 10.2 Å². The molecule has 0 bridgehead atoms. The lowest BCUT2D eigenvalue weighted by atomic mass is 9.96. The van der Waals surface area contributed by atoms with Gasteiger partial charge in [0.05, 0.1) is 29.8 Å². The molecule has 0 fully saturated rings. The Morgan fingerprint density at radius 1 is 1.09 bits per heavy atom. The summed E-state index contributed by atoms with van der Waals surface area (Å²) < 4.78 is 7.55. The number of aromatic nitrogens is 1. The second kappa shape index (κ2) is 8.09. The topological polar surface area (TPSA) is 70.7 Å². The minimum Gasteiger partial charge on any atom is -0.467 e. The maximum absolute atomic E-state index is 13.4. The fraction of sp³-hybridized carbons (Fsp3) is 0.259. The number of para-hydroxylation sites is 2. The fourth-order valence-corrected chi connectivity index (χ4v) is 5.45. The summed E-state index contributed by atoms with van der Waals surface area (Å²) in [5, 5.41) is 4.14. The summed E-state index contributed by atoms with van der Waals surface area (Å²) in [6.07, 6.45) is 2.54. The second-order valence-electron chi connectivity index (χ2n) is 8.89. The highest BCUT2D eigenvalue weighted by molar-refractivity contribution is 6.02. The van der Waals surface area contributed by atoms with Gasteiger partial charge in [-0.25, -0.2) is 0 Å². The van der Waals surface area contributed by atoms with E-state index >= 15 is 0 Å². The van der Waals surface area contributed by atoms with Crippen molar-refractivity contribution < 1.29 is 14.0 Å². The van der Waals surface area contributed by atoms with Crippen LogP contribution in [0.2, 0.25) is 0 Å². The largest absolute Gasteiger partial charge is 0.467 e. The molecule has 2 aliphatic rings. The summed E-state index contributed by atoms with van der Waals surface area (Å²) >= 11 is 0. The molecule has 7 heteroatoms. The predicted octanol–water partition coefficient (Wildman–Crippen LogP) is 4.09. The average Bonchev–Trinajstić information content (AvgIpc) is 3.50. The molecule has 7 nitrogen and oxygen atoms in total. The summed E-state index contributed by atoms with van der Waals surface area (Å²) in [6, 6.07) is 19.8. The molecule has 0 saturated carbocycles. The molecule has 2 amide bonds. The molecular formula is C27H26N4O3. The third-order valence-electron chi connectivity index (χ3n) is 7.01. The van der Waals surface area contributed by atoms with E-state index in [1.54, 1.807) is 6.26 Å². The van der Waals surface area contributed by atoms with Crippen molar-refractivity contribution in [3.63, 3.8) is 0 Å². The van der Waals surface area contributed by atoms with Crippen LogP contribution in [0.25, 0.3) is 10.9 Å². The summed E-state index contributed by atoms with van der Waals surface area (Å²) in [5.41, 5.74) is 5.16. The zero-order chi connectivity index (χ0) is 23.2. The lowest BCUT2D eigenvalue weighted by molar-refractivity contribution is -0.121. The monoisotopic (exact) mass is 454 g/mol. The maximum atomic E-state index is 13.4. The Kier molecular flexibility index (Phi) is 4.90. The van der Waals surface area contributed by atoms with Gasteiger partial charge in [-0.05, 0) is 42.3 Å². The van der Waals surface area contributed by atoms with Crippen LogP contribution in [0.15, 0.2) is 71.3 Å². The van der Waals surface area contributed by atoms with Crippen molar-refractivity contribution in [2.24, 2.45) is 0 Å². The third-order valence-corrected chi connectivity index (χ3v) is 7.01. The van der Waals surface area contributed by atoms with Crippen LogP contribution in [0.3, 0.4) is 0 Å². The molecule has 0 saturated heterocycles. The average molecular weight is 455 g/mol. The van der Waals surface area contributed by atoms with Gasteiger partial charge >= 0.3 is 0 Å². The quantitative estimate of drug-likeness (QED) is 0.493. The molecule has 0 radical (unpaired) electrons. The SMILES string of the molecule is CN1c2ccccc2C(=O)N2CCc3c(n(CCC(=O)NCc4ccco4)c4ccccc34)C21. The molecule has 6 rings (SSSR count). The van der Waals surface area contributed by atoms with E-state index in [4.69, 9.17) is 4.42 Å². The van der Waals surface area contributed by atoms with Crippen LogP contribution in [0.4, 0.5) is 5.69 Å². The van der Waals surface area contributed by atoms with Gasteiger partial charge in [0.2, 0.25) is 5.91 Å². The maximum Gasteiger partial charge on any atom is 0.257 e. The van der Waals surface area contributed by atoms with Crippen molar-refractivity contribution in [3.8, 4) is 0 Å². The number of anilines is 1. The number of aryl methyl sites for hydroxylation is 1. The number of amides is 2. The van der Waals surface area contributed by atoms with Crippen LogP contribution in [0.5, 0.6) is 0 Å². The van der Waals surface area contributed by atoms with Gasteiger partial charge in [0.15, 0.2) is 0 Å². The molecule has 172 valence electrons. The van der Waals surface area contributed by atoms with E-state index in [0.717, 1.165) is 34.6 Å². The Balaban J connectivity index is 1.37. The number of benzene rings is 2. The van der Waals surface area contributed by atoms with Gasteiger partial charge < -0.3 is 24.1 Å². The first-order chi connectivity index (χ1) is 16.6. The predicted molar refractivity (Wildman–Crippen MR) is 129 cm³/mol. The Hall–Kier alpha value is -4.00. The Morgan fingerprint density at radius 2 is 1.91 bits per heavy atom. The molecule has 2 aromatic carbocycles. The summed E-state index contributed by atoms with van der Waals surface area (Å²) in [6.45, 7) is 1.58. The number of nitrogens with zero attached hydrogens (tertiary/aromatic N) is 3. The van der Waals surface area contributed by atoms with Crippen molar-refractivity contribution in [2.45, 2.75) is 32.1 Å². The highest BCUT2D eigenvalue weighted by Gasteiger charge is 2.42. The number of hydrogen-bond acceptors (Lipinski definition) is 4. The number of rotatable bonds is 5. The van der Waals surface area contributed by atoms with E-state index in [2.05, 4.69) is 40.0 Å². The number of carbonyl (C=O) groups is 2. The standard InChI is InChI=1S/C27H26N4O3/c1-29-22-10-4-3-9-21(22)27(33)31-14-12-20-19-8-2-5-11-23(19)30(25(20)26(29)31)15-13-24(32)28-17-18-7-6-16-34-18/h2-11,16,26H,12-15,17H2,1H3,(H,28,32). The van der Waals surface area contributed by atoms with Gasteiger partial charge in [-0.15, -0.1) is 0 Å². The van der Waals surface area contributed by atoms with Crippen LogP contribution in [0, 0.1) is 0 Å². The zero-order valence-electron chi connectivity index (χ0n) is 19.0. The van der Waals surface area contributed by atoms with E-state index < -0.39 is 0 Å². The van der Waals surface area contributed by atoms with E-state index in [-0.39, 0.29) is 18.0 Å². The van der Waals surface area contributed by atoms with Crippen molar-refractivity contribution in [1.29, 1.82) is 0 Å². The van der Waals surface area contributed by atoms with E-state index in [1.807, 2.05) is 47.4 Å². The molecular weight excluding hydrogens is 428 g/mol. The highest BCUT2D eigenvalue weighted by atomic mass is 16.3. The Morgan fingerprint density at radius 3 is 2.76 bits per heavy atom. The molecule has 0 aliphatic carbocycles.